The molecule has 1 fully saturated rings. The third-order valence-corrected chi connectivity index (χ3v) is 4.89. The summed E-state index contributed by atoms with van der Waals surface area (Å²) in [6.07, 6.45) is 18.0. The molecule has 2 nitrogen and oxygen atoms in total. The van der Waals surface area contributed by atoms with Crippen LogP contribution >= 0.6 is 11.9 Å². The second-order valence-corrected chi connectivity index (χ2v) is 6.37. The fraction of sp³-hybridized carbons (Fsp3) is 0.600. The molecule has 0 heterocycles. The first-order valence-electron chi connectivity index (χ1n) is 6.95. The van der Waals surface area contributed by atoms with Gasteiger partial charge in [0.1, 0.15) is 5.76 Å². The van der Waals surface area contributed by atoms with E-state index >= 15 is 0 Å². The summed E-state index contributed by atoms with van der Waals surface area (Å²) in [5.74, 6) is 2.19. The van der Waals surface area contributed by atoms with Crippen molar-refractivity contribution < 1.29 is 4.74 Å². The van der Waals surface area contributed by atoms with Crippen molar-refractivity contribution in [3.05, 3.63) is 36.1 Å². The van der Waals surface area contributed by atoms with Gasteiger partial charge in [-0.25, -0.2) is 0 Å². The second kappa shape index (κ2) is 5.54. The van der Waals surface area contributed by atoms with Gasteiger partial charge >= 0.3 is 0 Å². The lowest BCUT2D eigenvalue weighted by Gasteiger charge is -2.30. The van der Waals surface area contributed by atoms with E-state index in [4.69, 9.17) is 9.88 Å². The summed E-state index contributed by atoms with van der Waals surface area (Å²) >= 11 is 1.46. The number of hydrogen-bond acceptors (Lipinski definition) is 3. The van der Waals surface area contributed by atoms with E-state index in [0.29, 0.717) is 23.2 Å². The zero-order valence-corrected chi connectivity index (χ0v) is 11.4. The van der Waals surface area contributed by atoms with Crippen LogP contribution in [0.4, 0.5) is 0 Å². The molecule has 0 aliphatic heterocycles. The lowest BCUT2D eigenvalue weighted by molar-refractivity contribution is 0.128. The number of rotatable bonds is 3. The maximum atomic E-state index is 6.06. The Balaban J connectivity index is 1.65. The molecule has 3 aliphatic rings. The van der Waals surface area contributed by atoms with Crippen molar-refractivity contribution in [2.75, 3.05) is 0 Å². The minimum atomic E-state index is 0.456. The molecule has 3 unspecified atom stereocenters. The molecular formula is C15H21NOS. The molecule has 0 amide bonds. The average molecular weight is 263 g/mol. The largest absolute Gasteiger partial charge is 0.491 e. The molecular weight excluding hydrogens is 242 g/mol. The van der Waals surface area contributed by atoms with Crippen LogP contribution < -0.4 is 5.14 Å². The maximum Gasteiger partial charge on any atom is 0.116 e. The Hall–Kier alpha value is -0.670. The Morgan fingerprint density at radius 2 is 2.00 bits per heavy atom. The first-order valence-corrected chi connectivity index (χ1v) is 7.90. The molecule has 0 aromatic rings. The molecule has 3 atom stereocenters. The molecule has 2 N–H and O–H groups in total. The van der Waals surface area contributed by atoms with Gasteiger partial charge in [0.05, 0.1) is 6.10 Å². The third-order valence-electron chi connectivity index (χ3n) is 4.19. The Morgan fingerprint density at radius 3 is 2.78 bits per heavy atom. The van der Waals surface area contributed by atoms with Crippen molar-refractivity contribution in [1.29, 1.82) is 0 Å². The van der Waals surface area contributed by atoms with Crippen molar-refractivity contribution in [2.24, 2.45) is 17.0 Å². The third kappa shape index (κ3) is 2.67. The monoisotopic (exact) mass is 263 g/mol. The minimum absolute atomic E-state index is 0.456. The lowest BCUT2D eigenvalue weighted by Crippen LogP contribution is -2.23. The van der Waals surface area contributed by atoms with Gasteiger partial charge in [0.2, 0.25) is 0 Å². The summed E-state index contributed by atoms with van der Waals surface area (Å²) in [7, 11) is 0. The Bertz CT molecular complexity index is 382. The fourth-order valence-electron chi connectivity index (χ4n) is 3.13. The van der Waals surface area contributed by atoms with Crippen molar-refractivity contribution in [3.63, 3.8) is 0 Å². The molecule has 0 spiro atoms. The summed E-state index contributed by atoms with van der Waals surface area (Å²) in [4.78, 5) is 0. The van der Waals surface area contributed by atoms with Crippen LogP contribution in [0.3, 0.4) is 0 Å². The zero-order chi connectivity index (χ0) is 12.4. The van der Waals surface area contributed by atoms with Crippen molar-refractivity contribution in [3.8, 4) is 0 Å². The standard InChI is InChI=1S/C15H21NOS/c16-18-15-8-6-11-9-14(7-5-12(11)10-15)17-13-3-1-2-4-13/h5-9,11-13,15H,1-4,10,16H2. The number of allylic oxidation sites excluding steroid dienone is 4. The first-order chi connectivity index (χ1) is 8.85. The van der Waals surface area contributed by atoms with Gasteiger partial charge in [-0.2, -0.15) is 0 Å². The van der Waals surface area contributed by atoms with Gasteiger partial charge < -0.3 is 4.74 Å². The average Bonchev–Trinajstić information content (AvgIpc) is 2.91. The predicted octanol–water partition coefficient (Wildman–Crippen LogP) is 3.57. The number of fused-ring (bicyclic) bond motifs is 1. The number of hydrogen-bond donors (Lipinski definition) is 1. The molecule has 1 saturated carbocycles. The second-order valence-electron chi connectivity index (χ2n) is 5.49. The highest BCUT2D eigenvalue weighted by molar-refractivity contribution is 7.97. The highest BCUT2D eigenvalue weighted by Gasteiger charge is 2.27. The van der Waals surface area contributed by atoms with E-state index < -0.39 is 0 Å². The van der Waals surface area contributed by atoms with Gasteiger partial charge in [-0.15, -0.1) is 0 Å². The van der Waals surface area contributed by atoms with Crippen LogP contribution in [0.15, 0.2) is 36.1 Å². The van der Waals surface area contributed by atoms with Crippen LogP contribution in [0.5, 0.6) is 0 Å². The Kier molecular flexibility index (Phi) is 3.80. The van der Waals surface area contributed by atoms with Crippen molar-refractivity contribution in [1.82, 2.24) is 0 Å². The fourth-order valence-corrected chi connectivity index (χ4v) is 3.64. The van der Waals surface area contributed by atoms with Crippen LogP contribution in [0.1, 0.15) is 32.1 Å². The van der Waals surface area contributed by atoms with Gasteiger partial charge in [-0.1, -0.05) is 30.2 Å². The van der Waals surface area contributed by atoms with Crippen molar-refractivity contribution >= 4 is 11.9 Å². The lowest BCUT2D eigenvalue weighted by atomic mass is 9.81. The van der Waals surface area contributed by atoms with E-state index in [1.54, 1.807) is 0 Å². The first kappa shape index (κ1) is 12.4. The quantitative estimate of drug-likeness (QED) is 0.624. The topological polar surface area (TPSA) is 35.2 Å². The number of ether oxygens (including phenoxy) is 1. The SMILES string of the molecule is NSC1C=CC2C=C(OC3CCCC3)C=CC2C1. The summed E-state index contributed by atoms with van der Waals surface area (Å²) < 4.78 is 6.06. The maximum absolute atomic E-state index is 6.06. The Labute approximate surface area is 113 Å². The van der Waals surface area contributed by atoms with E-state index in [-0.39, 0.29) is 0 Å². The molecule has 0 aromatic carbocycles. The minimum Gasteiger partial charge on any atom is -0.491 e. The normalized spacial score (nSPS) is 35.4. The highest BCUT2D eigenvalue weighted by Crippen LogP contribution is 2.35. The van der Waals surface area contributed by atoms with Gasteiger partial charge in [0.25, 0.3) is 0 Å². The van der Waals surface area contributed by atoms with Gasteiger partial charge in [-0.3, -0.25) is 5.14 Å². The van der Waals surface area contributed by atoms with Gasteiger partial charge in [0, 0.05) is 11.2 Å². The van der Waals surface area contributed by atoms with E-state index in [1.165, 1.54) is 37.6 Å². The highest BCUT2D eigenvalue weighted by atomic mass is 32.2. The van der Waals surface area contributed by atoms with Crippen LogP contribution in [0.25, 0.3) is 0 Å². The van der Waals surface area contributed by atoms with Crippen LogP contribution in [0, 0.1) is 11.8 Å². The van der Waals surface area contributed by atoms with E-state index in [9.17, 15) is 0 Å². The smallest absolute Gasteiger partial charge is 0.116 e. The summed E-state index contributed by atoms with van der Waals surface area (Å²) in [5, 5.41) is 6.14. The molecule has 18 heavy (non-hydrogen) atoms. The summed E-state index contributed by atoms with van der Waals surface area (Å²) in [6.45, 7) is 0. The predicted molar refractivity (Wildman–Crippen MR) is 76.9 cm³/mol. The molecule has 3 aliphatic carbocycles. The number of nitrogens with two attached hydrogens (primary N) is 1. The van der Waals surface area contributed by atoms with Crippen LogP contribution in [0.2, 0.25) is 0 Å². The van der Waals surface area contributed by atoms with E-state index in [1.807, 2.05) is 0 Å². The van der Waals surface area contributed by atoms with E-state index in [2.05, 4.69) is 30.4 Å². The summed E-state index contributed by atoms with van der Waals surface area (Å²) in [6, 6.07) is 0. The molecule has 98 valence electrons. The van der Waals surface area contributed by atoms with Gasteiger partial charge in [0.15, 0.2) is 0 Å². The molecule has 0 saturated heterocycles. The zero-order valence-electron chi connectivity index (χ0n) is 10.6. The Morgan fingerprint density at radius 1 is 1.17 bits per heavy atom. The molecule has 0 bridgehead atoms. The molecule has 0 aromatic heterocycles. The van der Waals surface area contributed by atoms with Gasteiger partial charge in [-0.05, 0) is 50.2 Å². The molecule has 0 radical (unpaired) electrons. The van der Waals surface area contributed by atoms with Crippen LogP contribution in [-0.4, -0.2) is 11.4 Å². The molecule has 3 heteroatoms. The van der Waals surface area contributed by atoms with E-state index in [0.717, 1.165) is 12.2 Å². The molecule has 3 rings (SSSR count). The summed E-state index contributed by atoms with van der Waals surface area (Å²) in [5.41, 5.74) is 0. The van der Waals surface area contributed by atoms with Crippen LogP contribution in [-0.2, 0) is 4.74 Å². The van der Waals surface area contributed by atoms with Crippen molar-refractivity contribution in [2.45, 2.75) is 43.5 Å².